The number of piperidine rings is 1. The molecule has 0 aromatic carbocycles. The molecule has 10 nitrogen and oxygen atoms in total. The molecule has 0 saturated carbocycles. The van der Waals surface area contributed by atoms with E-state index in [-0.39, 0.29) is 36.1 Å². The molecular formula is C10H13N4NaO6S. The molecule has 116 valence electrons. The summed E-state index contributed by atoms with van der Waals surface area (Å²) in [5, 5.41) is 8.39. The van der Waals surface area contributed by atoms with Crippen molar-refractivity contribution >= 4 is 16.4 Å². The van der Waals surface area contributed by atoms with Gasteiger partial charge in [-0.05, 0) is 12.8 Å². The fraction of sp³-hybridized carbons (Fsp3) is 0.700. The summed E-state index contributed by atoms with van der Waals surface area (Å²) in [6.07, 6.45) is 1.59. The minimum absolute atomic E-state index is 0. The third-order valence-electron chi connectivity index (χ3n) is 3.56. The Labute approximate surface area is 149 Å². The Kier molecular flexibility index (Phi) is 5.14. The van der Waals surface area contributed by atoms with Gasteiger partial charge in [-0.15, -0.1) is 10.2 Å². The van der Waals surface area contributed by atoms with Crippen LogP contribution in [-0.4, -0.2) is 51.7 Å². The molecule has 2 fully saturated rings. The number of hydroxylamine groups is 2. The molecule has 22 heavy (non-hydrogen) atoms. The Hall–Kier alpha value is -0.720. The first kappa shape index (κ1) is 17.6. The maximum absolute atomic E-state index is 12.2. The molecule has 2 saturated heterocycles. The van der Waals surface area contributed by atoms with Crippen LogP contribution in [0.3, 0.4) is 0 Å². The van der Waals surface area contributed by atoms with Crippen molar-refractivity contribution < 1.29 is 56.0 Å². The molecule has 2 amide bonds. The minimum Gasteiger partial charge on any atom is -0.724 e. The first-order valence-electron chi connectivity index (χ1n) is 6.46. The number of urea groups is 1. The van der Waals surface area contributed by atoms with E-state index in [2.05, 4.69) is 14.5 Å². The number of hydrogen-bond acceptors (Lipinski definition) is 8. The van der Waals surface area contributed by atoms with Gasteiger partial charge >= 0.3 is 35.6 Å². The molecule has 0 N–H and O–H groups in total. The average Bonchev–Trinajstić information content (AvgIpc) is 2.98. The van der Waals surface area contributed by atoms with E-state index in [4.69, 9.17) is 4.42 Å². The van der Waals surface area contributed by atoms with Crippen LogP contribution in [0, 0.1) is 0 Å². The Morgan fingerprint density at radius 3 is 2.73 bits per heavy atom. The van der Waals surface area contributed by atoms with E-state index in [0.717, 1.165) is 0 Å². The summed E-state index contributed by atoms with van der Waals surface area (Å²) in [6.45, 7) is 2.12. The SMILES string of the molecule is CCc1nnc([C@H]2CC[C@@H]3CN2C(=O)N3OS(=O)(=O)[O-])o1.[Na+]. The Morgan fingerprint density at radius 2 is 2.14 bits per heavy atom. The van der Waals surface area contributed by atoms with Crippen molar-refractivity contribution in [2.45, 2.75) is 38.3 Å². The van der Waals surface area contributed by atoms with Crippen LogP contribution in [0.1, 0.15) is 37.6 Å². The predicted octanol–water partition coefficient (Wildman–Crippen LogP) is -3.03. The molecule has 0 unspecified atom stereocenters. The number of nitrogens with zero attached hydrogens (tertiary/aromatic N) is 4. The first-order valence-corrected chi connectivity index (χ1v) is 7.80. The summed E-state index contributed by atoms with van der Waals surface area (Å²) >= 11 is 0. The number of aryl methyl sites for hydroxylation is 1. The molecule has 0 radical (unpaired) electrons. The second-order valence-electron chi connectivity index (χ2n) is 4.88. The summed E-state index contributed by atoms with van der Waals surface area (Å²) in [5.74, 6) is 0.777. The molecule has 3 rings (SSSR count). The monoisotopic (exact) mass is 340 g/mol. The normalized spacial score (nSPS) is 24.5. The second kappa shape index (κ2) is 6.42. The number of hydrogen-bond donors (Lipinski definition) is 0. The van der Waals surface area contributed by atoms with Gasteiger partial charge in [-0.1, -0.05) is 6.92 Å². The molecule has 2 atom stereocenters. The van der Waals surface area contributed by atoms with Gasteiger partial charge in [-0.3, -0.25) is 0 Å². The van der Waals surface area contributed by atoms with Crippen molar-refractivity contribution in [3.8, 4) is 0 Å². The van der Waals surface area contributed by atoms with E-state index >= 15 is 0 Å². The standard InChI is InChI=1S/C10H14N4O6S.Na/c1-2-8-11-12-9(19-8)7-4-3-6-5-13(7)10(15)14(6)20-21(16,17)18;/h6-7H,2-5H2,1H3,(H,16,17,18);/q;+1/p-1/t6-,7-;/m1./s1. The van der Waals surface area contributed by atoms with Crippen LogP contribution < -0.4 is 29.6 Å². The number of amides is 2. The summed E-state index contributed by atoms with van der Waals surface area (Å²) in [7, 11) is -4.98. The van der Waals surface area contributed by atoms with Crippen molar-refractivity contribution in [2.75, 3.05) is 6.54 Å². The van der Waals surface area contributed by atoms with Gasteiger partial charge in [0.15, 0.2) is 0 Å². The molecule has 2 aliphatic rings. The number of aromatic nitrogens is 2. The van der Waals surface area contributed by atoms with Gasteiger partial charge in [-0.25, -0.2) is 13.2 Å². The van der Waals surface area contributed by atoms with Crippen LogP contribution >= 0.6 is 0 Å². The fourth-order valence-corrected chi connectivity index (χ4v) is 3.01. The third-order valence-corrected chi connectivity index (χ3v) is 3.91. The Bertz CT molecular complexity index is 664. The maximum atomic E-state index is 12.2. The topological polar surface area (TPSA) is 129 Å². The molecule has 1 aromatic heterocycles. The van der Waals surface area contributed by atoms with E-state index in [1.54, 1.807) is 0 Å². The largest absolute Gasteiger partial charge is 1.00 e. The predicted molar refractivity (Wildman–Crippen MR) is 64.2 cm³/mol. The number of carbonyl (C=O) groups excluding carboxylic acids is 1. The van der Waals surface area contributed by atoms with Crippen LogP contribution in [0.5, 0.6) is 0 Å². The molecule has 2 aliphatic heterocycles. The maximum Gasteiger partial charge on any atom is 1.00 e. The van der Waals surface area contributed by atoms with E-state index in [1.165, 1.54) is 4.90 Å². The zero-order valence-electron chi connectivity index (χ0n) is 12.1. The molecule has 3 heterocycles. The fourth-order valence-electron chi connectivity index (χ4n) is 2.63. The molecule has 12 heteroatoms. The molecule has 0 aliphatic carbocycles. The van der Waals surface area contributed by atoms with Crippen molar-refractivity contribution in [1.82, 2.24) is 20.2 Å². The smallest absolute Gasteiger partial charge is 0.724 e. The summed E-state index contributed by atoms with van der Waals surface area (Å²) in [5.41, 5.74) is 0. The molecule has 0 spiro atoms. The Morgan fingerprint density at radius 1 is 1.41 bits per heavy atom. The van der Waals surface area contributed by atoms with Crippen LogP contribution in [0.2, 0.25) is 0 Å². The zero-order valence-corrected chi connectivity index (χ0v) is 14.9. The molecule has 1 aromatic rings. The van der Waals surface area contributed by atoms with Crippen molar-refractivity contribution in [3.63, 3.8) is 0 Å². The number of fused-ring (bicyclic) bond motifs is 2. The average molecular weight is 340 g/mol. The van der Waals surface area contributed by atoms with Crippen LogP contribution in [-0.2, 0) is 21.1 Å². The van der Waals surface area contributed by atoms with Crippen LogP contribution in [0.15, 0.2) is 4.42 Å². The van der Waals surface area contributed by atoms with Gasteiger partial charge in [0.25, 0.3) is 0 Å². The number of rotatable bonds is 4. The zero-order chi connectivity index (χ0) is 15.2. The number of carbonyl (C=O) groups is 1. The summed E-state index contributed by atoms with van der Waals surface area (Å²) in [6, 6.07) is -1.58. The van der Waals surface area contributed by atoms with Crippen molar-refractivity contribution in [3.05, 3.63) is 11.8 Å². The van der Waals surface area contributed by atoms with E-state index in [0.29, 0.717) is 36.1 Å². The van der Waals surface area contributed by atoms with Gasteiger partial charge in [0.1, 0.15) is 6.04 Å². The van der Waals surface area contributed by atoms with Crippen LogP contribution in [0.25, 0.3) is 0 Å². The van der Waals surface area contributed by atoms with Gasteiger partial charge in [-0.2, -0.15) is 9.35 Å². The van der Waals surface area contributed by atoms with E-state index in [1.807, 2.05) is 6.92 Å². The summed E-state index contributed by atoms with van der Waals surface area (Å²) < 4.78 is 41.7. The molecular weight excluding hydrogens is 327 g/mol. The molecule has 2 bridgehead atoms. The Balaban J connectivity index is 0.00000176. The van der Waals surface area contributed by atoms with Crippen LogP contribution in [0.4, 0.5) is 4.79 Å². The van der Waals surface area contributed by atoms with E-state index < -0.39 is 28.5 Å². The van der Waals surface area contributed by atoms with Gasteiger partial charge in [0.2, 0.25) is 22.2 Å². The quantitative estimate of drug-likeness (QED) is 0.321. The first-order chi connectivity index (χ1) is 9.89. The third kappa shape index (κ3) is 3.29. The van der Waals surface area contributed by atoms with Crippen molar-refractivity contribution in [1.29, 1.82) is 0 Å². The minimum atomic E-state index is -4.98. The van der Waals surface area contributed by atoms with Gasteiger partial charge in [0, 0.05) is 13.0 Å². The summed E-state index contributed by atoms with van der Waals surface area (Å²) in [4.78, 5) is 13.5. The van der Waals surface area contributed by atoms with E-state index in [9.17, 15) is 17.8 Å². The second-order valence-corrected chi connectivity index (χ2v) is 5.84. The van der Waals surface area contributed by atoms with Gasteiger partial charge in [0.05, 0.1) is 6.04 Å². The van der Waals surface area contributed by atoms with Gasteiger partial charge < -0.3 is 13.9 Å². The van der Waals surface area contributed by atoms with Crippen molar-refractivity contribution in [2.24, 2.45) is 0 Å².